The van der Waals surface area contributed by atoms with Crippen LogP contribution in [0.4, 0.5) is 0 Å². The van der Waals surface area contributed by atoms with Crippen LogP contribution in [0.15, 0.2) is 29.8 Å². The first-order valence-corrected chi connectivity index (χ1v) is 11.7. The molecule has 5 N–H and O–H groups in total. The molecule has 2 aliphatic rings. The van der Waals surface area contributed by atoms with E-state index in [-0.39, 0.29) is 12.1 Å². The molecule has 0 bridgehead atoms. The molecule has 0 spiro atoms. The van der Waals surface area contributed by atoms with Crippen molar-refractivity contribution >= 4 is 5.96 Å². The Labute approximate surface area is 177 Å². The lowest BCUT2D eigenvalue weighted by Gasteiger charge is -2.45. The van der Waals surface area contributed by atoms with E-state index in [1.54, 1.807) is 0 Å². The molecule has 0 aliphatic carbocycles. The third kappa shape index (κ3) is 8.11. The molecule has 0 radical (unpaired) electrons. The van der Waals surface area contributed by atoms with E-state index in [2.05, 4.69) is 33.5 Å². The van der Waals surface area contributed by atoms with Gasteiger partial charge in [0.15, 0.2) is 5.96 Å². The predicted octanol–water partition coefficient (Wildman–Crippen LogP) is 3.33. The van der Waals surface area contributed by atoms with Gasteiger partial charge in [-0.1, -0.05) is 44.3 Å². The summed E-state index contributed by atoms with van der Waals surface area (Å²) in [5, 5.41) is 11.2. The molecule has 0 saturated carbocycles. The van der Waals surface area contributed by atoms with Gasteiger partial charge in [0, 0.05) is 19.6 Å². The van der Waals surface area contributed by atoms with Crippen LogP contribution in [0.1, 0.15) is 77.0 Å². The molecule has 0 aromatic carbocycles. The molecule has 2 unspecified atom stereocenters. The fourth-order valence-electron chi connectivity index (χ4n) is 4.55. The van der Waals surface area contributed by atoms with E-state index >= 15 is 0 Å². The zero-order chi connectivity index (χ0) is 21.0. The van der Waals surface area contributed by atoms with Crippen molar-refractivity contribution in [1.29, 1.82) is 0 Å². The summed E-state index contributed by atoms with van der Waals surface area (Å²) in [5.74, 6) is 0.180. The average Bonchev–Trinajstić information content (AvgIpc) is 3.04. The smallest absolute Gasteiger partial charge is 0.185 e. The standard InChI is InChI=1S/C23H43N5O/c1-2-3-4-5-6-7-8-10-15-23(29)16-14-21-27(19-13-20-28(21)23)18-12-9-11-17-26-22(24)25/h2,14,16,21,29H,1,3-13,15,17-20H2,(H4,24,25,26). The van der Waals surface area contributed by atoms with E-state index in [4.69, 9.17) is 11.5 Å². The van der Waals surface area contributed by atoms with E-state index in [0.29, 0.717) is 6.54 Å². The van der Waals surface area contributed by atoms with Gasteiger partial charge in [-0.3, -0.25) is 14.8 Å². The van der Waals surface area contributed by atoms with Crippen LogP contribution < -0.4 is 11.5 Å². The van der Waals surface area contributed by atoms with Crippen molar-refractivity contribution in [3.8, 4) is 0 Å². The van der Waals surface area contributed by atoms with Crippen LogP contribution in [0.3, 0.4) is 0 Å². The molecule has 1 saturated heterocycles. The summed E-state index contributed by atoms with van der Waals surface area (Å²) in [6.45, 7) is 7.65. The van der Waals surface area contributed by atoms with Gasteiger partial charge in [-0.25, -0.2) is 0 Å². The minimum Gasteiger partial charge on any atom is -0.372 e. The van der Waals surface area contributed by atoms with Crippen molar-refractivity contribution in [3.63, 3.8) is 0 Å². The molecule has 6 heteroatoms. The number of allylic oxidation sites excluding steroid dienone is 1. The summed E-state index contributed by atoms with van der Waals surface area (Å²) in [6, 6.07) is 0. The Hall–Kier alpha value is -1.37. The molecule has 166 valence electrons. The van der Waals surface area contributed by atoms with Gasteiger partial charge in [0.2, 0.25) is 0 Å². The number of guanidine groups is 1. The normalized spacial score (nSPS) is 24.5. The zero-order valence-electron chi connectivity index (χ0n) is 18.3. The Balaban J connectivity index is 1.66. The Kier molecular flexibility index (Phi) is 10.7. The minimum absolute atomic E-state index is 0.180. The van der Waals surface area contributed by atoms with Gasteiger partial charge in [-0.15, -0.1) is 6.58 Å². The lowest BCUT2D eigenvalue weighted by atomic mass is 10.0. The topological polar surface area (TPSA) is 91.1 Å². The van der Waals surface area contributed by atoms with E-state index in [9.17, 15) is 5.11 Å². The van der Waals surface area contributed by atoms with Crippen molar-refractivity contribution in [3.05, 3.63) is 24.8 Å². The summed E-state index contributed by atoms with van der Waals surface area (Å²) in [6.07, 6.45) is 20.4. The second-order valence-corrected chi connectivity index (χ2v) is 8.55. The number of rotatable bonds is 15. The highest BCUT2D eigenvalue weighted by Gasteiger charge is 2.43. The quantitative estimate of drug-likeness (QED) is 0.168. The Morgan fingerprint density at radius 1 is 1.07 bits per heavy atom. The molecule has 0 amide bonds. The van der Waals surface area contributed by atoms with Gasteiger partial charge in [-0.05, 0) is 57.6 Å². The lowest BCUT2D eigenvalue weighted by Crippen LogP contribution is -2.58. The van der Waals surface area contributed by atoms with E-state index < -0.39 is 5.72 Å². The summed E-state index contributed by atoms with van der Waals surface area (Å²) >= 11 is 0. The van der Waals surface area contributed by atoms with Crippen molar-refractivity contribution in [2.45, 2.75) is 88.9 Å². The molecule has 0 aromatic heterocycles. The number of aliphatic imine (C=N–C) groups is 1. The van der Waals surface area contributed by atoms with Gasteiger partial charge in [0.1, 0.15) is 5.72 Å². The molecule has 29 heavy (non-hydrogen) atoms. The van der Waals surface area contributed by atoms with Gasteiger partial charge in [-0.2, -0.15) is 0 Å². The number of hydrogen-bond donors (Lipinski definition) is 3. The van der Waals surface area contributed by atoms with E-state index in [1.165, 1.54) is 32.1 Å². The van der Waals surface area contributed by atoms with Crippen LogP contribution >= 0.6 is 0 Å². The highest BCUT2D eigenvalue weighted by atomic mass is 16.3. The second kappa shape index (κ2) is 13.0. The lowest BCUT2D eigenvalue weighted by molar-refractivity contribution is -0.122. The number of unbranched alkanes of at least 4 members (excludes halogenated alkanes) is 8. The fraction of sp³-hybridized carbons (Fsp3) is 0.783. The molecular formula is C23H43N5O. The van der Waals surface area contributed by atoms with E-state index in [0.717, 1.165) is 64.6 Å². The average molecular weight is 406 g/mol. The number of hydrogen-bond acceptors (Lipinski definition) is 4. The van der Waals surface area contributed by atoms with Crippen molar-refractivity contribution in [2.75, 3.05) is 26.2 Å². The number of fused-ring (bicyclic) bond motifs is 1. The monoisotopic (exact) mass is 405 g/mol. The van der Waals surface area contributed by atoms with Crippen molar-refractivity contribution in [2.24, 2.45) is 16.5 Å². The van der Waals surface area contributed by atoms with Gasteiger partial charge in [0.05, 0.1) is 6.17 Å². The summed E-state index contributed by atoms with van der Waals surface area (Å²) in [5.41, 5.74) is 9.98. The summed E-state index contributed by atoms with van der Waals surface area (Å²) < 4.78 is 0. The van der Waals surface area contributed by atoms with Crippen LogP contribution in [0.2, 0.25) is 0 Å². The third-order valence-electron chi connectivity index (χ3n) is 6.17. The third-order valence-corrected chi connectivity index (χ3v) is 6.17. The fourth-order valence-corrected chi connectivity index (χ4v) is 4.55. The van der Waals surface area contributed by atoms with Gasteiger partial charge < -0.3 is 16.6 Å². The molecular weight excluding hydrogens is 362 g/mol. The largest absolute Gasteiger partial charge is 0.372 e. The number of nitrogens with zero attached hydrogens (tertiary/aromatic N) is 3. The molecule has 2 rings (SSSR count). The molecule has 2 heterocycles. The Morgan fingerprint density at radius 2 is 1.79 bits per heavy atom. The highest BCUT2D eigenvalue weighted by molar-refractivity contribution is 5.75. The SMILES string of the molecule is C=CCCCCCCCCC1(O)C=CC2N(CCCCCN=C(N)N)CCCN21. The first kappa shape index (κ1) is 23.9. The number of nitrogens with two attached hydrogens (primary N) is 2. The van der Waals surface area contributed by atoms with Crippen LogP contribution in [0, 0.1) is 0 Å². The second-order valence-electron chi connectivity index (χ2n) is 8.55. The molecule has 2 atom stereocenters. The maximum absolute atomic E-state index is 11.2. The van der Waals surface area contributed by atoms with Crippen molar-refractivity contribution in [1.82, 2.24) is 9.80 Å². The van der Waals surface area contributed by atoms with Gasteiger partial charge in [0.25, 0.3) is 0 Å². The van der Waals surface area contributed by atoms with Crippen LogP contribution in [-0.4, -0.2) is 58.9 Å². The van der Waals surface area contributed by atoms with Crippen molar-refractivity contribution < 1.29 is 5.11 Å². The van der Waals surface area contributed by atoms with Crippen LogP contribution in [0.25, 0.3) is 0 Å². The maximum Gasteiger partial charge on any atom is 0.185 e. The predicted molar refractivity (Wildman–Crippen MR) is 122 cm³/mol. The highest BCUT2D eigenvalue weighted by Crippen LogP contribution is 2.34. The minimum atomic E-state index is -0.750. The van der Waals surface area contributed by atoms with E-state index in [1.807, 2.05) is 6.08 Å². The summed E-state index contributed by atoms with van der Waals surface area (Å²) in [4.78, 5) is 8.86. The molecule has 2 aliphatic heterocycles. The van der Waals surface area contributed by atoms with Crippen LogP contribution in [0.5, 0.6) is 0 Å². The zero-order valence-corrected chi connectivity index (χ0v) is 18.3. The molecule has 6 nitrogen and oxygen atoms in total. The summed E-state index contributed by atoms with van der Waals surface area (Å²) in [7, 11) is 0. The van der Waals surface area contributed by atoms with Gasteiger partial charge >= 0.3 is 0 Å². The Morgan fingerprint density at radius 3 is 2.55 bits per heavy atom. The number of aliphatic hydroxyl groups is 1. The maximum atomic E-state index is 11.2. The Bertz CT molecular complexity index is 531. The molecule has 0 aromatic rings. The first-order valence-electron chi connectivity index (χ1n) is 11.7. The first-order chi connectivity index (χ1) is 14.1. The van der Waals surface area contributed by atoms with Crippen LogP contribution in [-0.2, 0) is 0 Å². The molecule has 1 fully saturated rings.